The van der Waals surface area contributed by atoms with E-state index < -0.39 is 11.0 Å². The number of rotatable bonds is 3. The number of thioether (sulfide) groups is 1. The van der Waals surface area contributed by atoms with Crippen LogP contribution in [0.2, 0.25) is 0 Å². The molecule has 1 fully saturated rings. The van der Waals surface area contributed by atoms with Gasteiger partial charge in [-0.05, 0) is 43.0 Å². The second kappa shape index (κ2) is 9.10. The van der Waals surface area contributed by atoms with Crippen LogP contribution in [0.15, 0.2) is 71.3 Å². The maximum atomic E-state index is 15.6. The number of hydrogen-bond donors (Lipinski definition) is 1. The Labute approximate surface area is 207 Å². The normalized spacial score (nSPS) is 30.3. The first-order chi connectivity index (χ1) is 16.8. The molecule has 35 heavy (non-hydrogen) atoms. The third-order valence-electron chi connectivity index (χ3n) is 7.35. The monoisotopic (exact) mass is 491 g/mol. The van der Waals surface area contributed by atoms with Crippen LogP contribution in [0.4, 0.5) is 4.39 Å². The summed E-state index contributed by atoms with van der Waals surface area (Å²) < 4.78 is 23.7. The zero-order valence-electron chi connectivity index (χ0n) is 19.6. The van der Waals surface area contributed by atoms with Gasteiger partial charge in [0, 0.05) is 35.7 Å². The van der Waals surface area contributed by atoms with Crippen molar-refractivity contribution in [2.24, 2.45) is 23.4 Å². The molecule has 1 aromatic heterocycles. The molecule has 2 aromatic rings. The van der Waals surface area contributed by atoms with Gasteiger partial charge in [0.2, 0.25) is 0 Å². The summed E-state index contributed by atoms with van der Waals surface area (Å²) in [7, 11) is 1.86. The molecule has 9 heteroatoms. The number of halogens is 1. The molecule has 3 aliphatic rings. The van der Waals surface area contributed by atoms with Crippen molar-refractivity contribution < 1.29 is 13.9 Å². The molecular formula is C26H26FN5O2S. The largest absolute Gasteiger partial charge is 0.371 e. The Morgan fingerprint density at radius 2 is 2.14 bits per heavy atom. The molecular weight excluding hydrogens is 465 g/mol. The molecule has 0 spiro atoms. The highest BCUT2D eigenvalue weighted by atomic mass is 32.2. The van der Waals surface area contributed by atoms with Gasteiger partial charge in [-0.15, -0.1) is 0 Å². The summed E-state index contributed by atoms with van der Waals surface area (Å²) >= 11 is 1.46. The third-order valence-corrected chi connectivity index (χ3v) is 8.39. The molecule has 180 valence electrons. The van der Waals surface area contributed by atoms with E-state index in [1.54, 1.807) is 35.1 Å². The summed E-state index contributed by atoms with van der Waals surface area (Å²) in [4.78, 5) is 17.9. The van der Waals surface area contributed by atoms with Gasteiger partial charge in [0.15, 0.2) is 5.17 Å². The number of carbonyl (C=O) groups is 1. The fourth-order valence-corrected chi connectivity index (χ4v) is 6.47. The van der Waals surface area contributed by atoms with Crippen molar-refractivity contribution in [2.45, 2.75) is 31.4 Å². The van der Waals surface area contributed by atoms with Gasteiger partial charge in [0.1, 0.15) is 11.4 Å². The van der Waals surface area contributed by atoms with Gasteiger partial charge in [-0.3, -0.25) is 14.5 Å². The van der Waals surface area contributed by atoms with E-state index >= 15 is 4.39 Å². The Bertz CT molecular complexity index is 1280. The summed E-state index contributed by atoms with van der Waals surface area (Å²) in [6.07, 6.45) is 7.31. The molecule has 4 atom stereocenters. The van der Waals surface area contributed by atoms with E-state index in [9.17, 15) is 10.1 Å². The highest BCUT2D eigenvalue weighted by molar-refractivity contribution is 8.13. The Hall–Kier alpha value is -3.22. The molecule has 5 rings (SSSR count). The van der Waals surface area contributed by atoms with Crippen LogP contribution in [0.25, 0.3) is 0 Å². The van der Waals surface area contributed by atoms with Gasteiger partial charge in [-0.2, -0.15) is 10.4 Å². The van der Waals surface area contributed by atoms with Crippen LogP contribution in [-0.4, -0.2) is 38.8 Å². The molecule has 0 radical (unpaired) electrons. The van der Waals surface area contributed by atoms with Crippen molar-refractivity contribution in [1.29, 1.82) is 5.26 Å². The number of aryl methyl sites for hydroxylation is 1. The van der Waals surface area contributed by atoms with E-state index in [1.807, 2.05) is 26.2 Å². The van der Waals surface area contributed by atoms with Gasteiger partial charge in [-0.25, -0.2) is 4.39 Å². The van der Waals surface area contributed by atoms with Crippen molar-refractivity contribution in [3.8, 4) is 6.07 Å². The molecule has 1 amide bonds. The van der Waals surface area contributed by atoms with E-state index in [0.29, 0.717) is 28.5 Å². The van der Waals surface area contributed by atoms with Crippen molar-refractivity contribution in [1.82, 2.24) is 15.1 Å². The first-order valence-electron chi connectivity index (χ1n) is 11.5. The van der Waals surface area contributed by atoms with Crippen molar-refractivity contribution in [3.05, 3.63) is 77.4 Å². The van der Waals surface area contributed by atoms with Gasteiger partial charge in [-0.1, -0.05) is 36.9 Å². The van der Waals surface area contributed by atoms with Crippen LogP contribution in [-0.2, 0) is 11.8 Å². The predicted molar refractivity (Wildman–Crippen MR) is 132 cm³/mol. The lowest BCUT2D eigenvalue weighted by Gasteiger charge is -2.55. The zero-order chi connectivity index (χ0) is 24.6. The minimum Gasteiger partial charge on any atom is -0.371 e. The first-order valence-corrected chi connectivity index (χ1v) is 12.5. The van der Waals surface area contributed by atoms with E-state index in [4.69, 9.17) is 9.73 Å². The van der Waals surface area contributed by atoms with Crippen LogP contribution in [0, 0.1) is 22.7 Å². The van der Waals surface area contributed by atoms with Crippen LogP contribution in [0.3, 0.4) is 0 Å². The number of aromatic nitrogens is 2. The number of nitrogens with one attached hydrogen (secondary N) is 1. The average molecular weight is 492 g/mol. The number of aliphatic imine (C=N–C) groups is 1. The summed E-state index contributed by atoms with van der Waals surface area (Å²) in [5.74, 6) is 0.0147. The number of benzene rings is 1. The minimum absolute atomic E-state index is 0.0361. The highest BCUT2D eigenvalue weighted by Gasteiger charge is 2.60. The van der Waals surface area contributed by atoms with Crippen molar-refractivity contribution in [2.75, 3.05) is 12.4 Å². The number of amidine groups is 1. The van der Waals surface area contributed by atoms with Crippen LogP contribution < -0.4 is 5.32 Å². The Balaban J connectivity index is 1.52. The summed E-state index contributed by atoms with van der Waals surface area (Å²) in [5, 5.41) is 17.2. The predicted octanol–water partition coefficient (Wildman–Crippen LogP) is 4.48. The molecule has 0 saturated carbocycles. The van der Waals surface area contributed by atoms with E-state index in [0.717, 1.165) is 5.56 Å². The fraction of sp³-hybridized carbons (Fsp3) is 0.385. The topological polar surface area (TPSA) is 92.3 Å². The maximum Gasteiger partial charge on any atom is 0.257 e. The van der Waals surface area contributed by atoms with Crippen LogP contribution >= 0.6 is 11.8 Å². The van der Waals surface area contributed by atoms with Gasteiger partial charge in [0.05, 0.1) is 30.4 Å². The average Bonchev–Trinajstić information content (AvgIpc) is 3.32. The highest BCUT2D eigenvalue weighted by Crippen LogP contribution is 2.58. The summed E-state index contributed by atoms with van der Waals surface area (Å²) in [6.45, 7) is 1.99. The SMILES string of the molecule is Cn1cc(C2CC3CSC(NC(=O)c4ccccc4)=NC3(C3(C)CC(C#N)=CC=C3F)CO2)cn1. The number of amides is 1. The number of fused-ring (bicyclic) bond motifs is 1. The quantitative estimate of drug-likeness (QED) is 0.683. The lowest BCUT2D eigenvalue weighted by molar-refractivity contribution is -0.0951. The zero-order valence-corrected chi connectivity index (χ0v) is 20.4. The number of allylic oxidation sites excluding steroid dienone is 3. The molecule has 0 bridgehead atoms. The second-order valence-electron chi connectivity index (χ2n) is 9.48. The number of ether oxygens (including phenoxy) is 1. The van der Waals surface area contributed by atoms with Crippen molar-refractivity contribution in [3.63, 3.8) is 0 Å². The molecule has 4 unspecified atom stereocenters. The maximum absolute atomic E-state index is 15.6. The van der Waals surface area contributed by atoms with Crippen LogP contribution in [0.5, 0.6) is 0 Å². The number of nitriles is 1. The summed E-state index contributed by atoms with van der Waals surface area (Å²) in [5.41, 5.74) is -0.0672. The molecule has 1 saturated heterocycles. The first kappa shape index (κ1) is 23.5. The molecule has 7 nitrogen and oxygen atoms in total. The van der Waals surface area contributed by atoms with E-state index in [1.165, 1.54) is 23.9 Å². The lowest BCUT2D eigenvalue weighted by Crippen LogP contribution is -2.61. The number of nitrogens with zero attached hydrogens (tertiary/aromatic N) is 4. The molecule has 1 aliphatic carbocycles. The van der Waals surface area contributed by atoms with Crippen molar-refractivity contribution >= 4 is 22.8 Å². The standard InChI is InChI=1S/C26H26FN5O2S/c1-25(11-17(12-28)8-9-22(25)27)26-16-34-21(19-13-29-32(2)14-19)10-20(26)15-35-24(31-26)30-23(33)18-6-4-3-5-7-18/h3-9,13-14,20-21H,10-11,15-16H2,1-2H3,(H,30,31,33). The molecule has 1 aromatic carbocycles. The van der Waals surface area contributed by atoms with E-state index in [2.05, 4.69) is 16.5 Å². The van der Waals surface area contributed by atoms with Gasteiger partial charge < -0.3 is 10.1 Å². The Morgan fingerprint density at radius 3 is 2.86 bits per heavy atom. The van der Waals surface area contributed by atoms with E-state index in [-0.39, 0.29) is 36.8 Å². The fourth-order valence-electron chi connectivity index (χ4n) is 5.30. The van der Waals surface area contributed by atoms with Gasteiger partial charge >= 0.3 is 0 Å². The minimum atomic E-state index is -1.08. The second-order valence-corrected chi connectivity index (χ2v) is 10.5. The molecule has 3 heterocycles. The molecule has 2 aliphatic heterocycles. The van der Waals surface area contributed by atoms with Crippen LogP contribution in [0.1, 0.15) is 41.8 Å². The number of hydrogen-bond acceptors (Lipinski definition) is 6. The third kappa shape index (κ3) is 4.11. The Morgan fingerprint density at radius 1 is 1.34 bits per heavy atom. The summed E-state index contributed by atoms with van der Waals surface area (Å²) in [6, 6.07) is 11.1. The Kier molecular flexibility index (Phi) is 6.11. The lowest BCUT2D eigenvalue weighted by atomic mass is 9.58. The van der Waals surface area contributed by atoms with Gasteiger partial charge in [0.25, 0.3) is 5.91 Å². The molecule has 1 N–H and O–H groups in total. The number of carbonyl (C=O) groups excluding carboxylic acids is 1. The smallest absolute Gasteiger partial charge is 0.257 e.